The van der Waals surface area contributed by atoms with Crippen molar-refractivity contribution in [3.8, 4) is 17.0 Å². The molecule has 3 rings (SSSR count). The van der Waals surface area contributed by atoms with E-state index in [4.69, 9.17) is 9.47 Å². The largest absolute Gasteiger partial charge is 0.497 e. The van der Waals surface area contributed by atoms with E-state index in [0.29, 0.717) is 17.1 Å². The Hall–Kier alpha value is -3.61. The molecule has 1 amide bonds. The van der Waals surface area contributed by atoms with Gasteiger partial charge in [-0.1, -0.05) is 18.2 Å². The van der Waals surface area contributed by atoms with Gasteiger partial charge in [-0.2, -0.15) is 5.10 Å². The number of esters is 1. The first kappa shape index (κ1) is 18.2. The molecular formula is C20H19N3O4. The van der Waals surface area contributed by atoms with E-state index in [1.165, 1.54) is 13.1 Å². The number of nitrogens with one attached hydrogen (secondary N) is 2. The monoisotopic (exact) mass is 365 g/mol. The molecule has 0 aliphatic carbocycles. The lowest BCUT2D eigenvalue weighted by atomic mass is 10.1. The molecule has 3 aromatic rings. The van der Waals surface area contributed by atoms with Gasteiger partial charge in [0.15, 0.2) is 6.10 Å². The van der Waals surface area contributed by atoms with Crippen LogP contribution in [0.5, 0.6) is 5.75 Å². The molecule has 138 valence electrons. The van der Waals surface area contributed by atoms with Gasteiger partial charge in [0, 0.05) is 11.3 Å². The third kappa shape index (κ3) is 4.33. The molecule has 2 aromatic carbocycles. The molecule has 1 atom stereocenters. The van der Waals surface area contributed by atoms with Crippen LogP contribution in [0.25, 0.3) is 11.3 Å². The highest BCUT2D eigenvalue weighted by atomic mass is 16.5. The van der Waals surface area contributed by atoms with Crippen molar-refractivity contribution >= 4 is 17.6 Å². The van der Waals surface area contributed by atoms with Gasteiger partial charge in [-0.25, -0.2) is 4.79 Å². The van der Waals surface area contributed by atoms with E-state index in [2.05, 4.69) is 15.5 Å². The standard InChI is InChI=1S/C20H19N3O4/c1-13(19(24)22-15-6-4-3-5-7-15)27-20(25)17-12-21-23-18(17)14-8-10-16(26-2)11-9-14/h3-13H,1-2H3,(H,21,23)(H,22,24)/t13-/m0/s1. The van der Waals surface area contributed by atoms with Gasteiger partial charge < -0.3 is 14.8 Å². The fourth-order valence-electron chi connectivity index (χ4n) is 2.46. The third-order valence-electron chi connectivity index (χ3n) is 3.93. The number of aromatic amines is 1. The number of carbonyl (C=O) groups is 2. The third-order valence-corrected chi connectivity index (χ3v) is 3.93. The van der Waals surface area contributed by atoms with Crippen LogP contribution in [0.1, 0.15) is 17.3 Å². The van der Waals surface area contributed by atoms with E-state index in [0.717, 1.165) is 5.56 Å². The Morgan fingerprint density at radius 3 is 2.44 bits per heavy atom. The first-order chi connectivity index (χ1) is 13.1. The number of H-pyrrole nitrogens is 1. The summed E-state index contributed by atoms with van der Waals surface area (Å²) in [6, 6.07) is 16.1. The molecule has 0 saturated carbocycles. The number of hydrogen-bond donors (Lipinski definition) is 2. The Balaban J connectivity index is 1.69. The minimum Gasteiger partial charge on any atom is -0.497 e. The number of rotatable bonds is 6. The Morgan fingerprint density at radius 1 is 1.07 bits per heavy atom. The SMILES string of the molecule is COc1ccc(-c2[nH]ncc2C(=O)O[C@@H](C)C(=O)Nc2ccccc2)cc1. The molecule has 0 saturated heterocycles. The van der Waals surface area contributed by atoms with E-state index in [-0.39, 0.29) is 5.56 Å². The molecule has 1 heterocycles. The quantitative estimate of drug-likeness (QED) is 0.654. The molecule has 0 aliphatic heterocycles. The van der Waals surface area contributed by atoms with Crippen molar-refractivity contribution in [1.29, 1.82) is 0 Å². The van der Waals surface area contributed by atoms with Crippen LogP contribution in [-0.2, 0) is 9.53 Å². The Morgan fingerprint density at radius 2 is 1.78 bits per heavy atom. The Kier molecular flexibility index (Phi) is 5.51. The van der Waals surface area contributed by atoms with Crippen LogP contribution >= 0.6 is 0 Å². The molecule has 0 fully saturated rings. The number of aromatic nitrogens is 2. The van der Waals surface area contributed by atoms with Gasteiger partial charge in [0.1, 0.15) is 11.3 Å². The summed E-state index contributed by atoms with van der Waals surface area (Å²) in [5.74, 6) is -0.345. The number of hydrogen-bond acceptors (Lipinski definition) is 5. The summed E-state index contributed by atoms with van der Waals surface area (Å²) in [5.41, 5.74) is 2.15. The maximum absolute atomic E-state index is 12.5. The van der Waals surface area contributed by atoms with Gasteiger partial charge in [-0.15, -0.1) is 0 Å². The summed E-state index contributed by atoms with van der Waals surface area (Å²) < 4.78 is 10.4. The molecule has 2 N–H and O–H groups in total. The number of anilines is 1. The average molecular weight is 365 g/mol. The first-order valence-corrected chi connectivity index (χ1v) is 8.33. The normalized spacial score (nSPS) is 11.5. The lowest BCUT2D eigenvalue weighted by Gasteiger charge is -2.13. The molecule has 0 radical (unpaired) electrons. The molecule has 0 aliphatic rings. The van der Waals surface area contributed by atoms with Gasteiger partial charge in [-0.3, -0.25) is 9.89 Å². The highest BCUT2D eigenvalue weighted by Crippen LogP contribution is 2.24. The summed E-state index contributed by atoms with van der Waals surface area (Å²) in [4.78, 5) is 24.7. The van der Waals surface area contributed by atoms with Gasteiger partial charge in [0.2, 0.25) is 0 Å². The second-order valence-electron chi connectivity index (χ2n) is 5.79. The highest BCUT2D eigenvalue weighted by molar-refractivity contribution is 5.99. The van der Waals surface area contributed by atoms with Gasteiger partial charge in [0.25, 0.3) is 5.91 Å². The minimum atomic E-state index is -0.962. The van der Waals surface area contributed by atoms with E-state index in [1.807, 2.05) is 6.07 Å². The fourth-order valence-corrected chi connectivity index (χ4v) is 2.46. The van der Waals surface area contributed by atoms with Crippen molar-refractivity contribution in [2.24, 2.45) is 0 Å². The number of carbonyl (C=O) groups excluding carboxylic acids is 2. The van der Waals surface area contributed by atoms with E-state index >= 15 is 0 Å². The second kappa shape index (κ2) is 8.18. The highest BCUT2D eigenvalue weighted by Gasteiger charge is 2.22. The van der Waals surface area contributed by atoms with Crippen molar-refractivity contribution in [3.05, 3.63) is 66.4 Å². The number of ether oxygens (including phenoxy) is 2. The zero-order chi connectivity index (χ0) is 19.2. The van der Waals surface area contributed by atoms with E-state index < -0.39 is 18.0 Å². The molecule has 0 bridgehead atoms. The minimum absolute atomic E-state index is 0.250. The van der Waals surface area contributed by atoms with Crippen LogP contribution in [0.4, 0.5) is 5.69 Å². The van der Waals surface area contributed by atoms with Crippen molar-refractivity contribution in [3.63, 3.8) is 0 Å². The van der Waals surface area contributed by atoms with Crippen LogP contribution in [0, 0.1) is 0 Å². The van der Waals surface area contributed by atoms with Gasteiger partial charge >= 0.3 is 5.97 Å². The number of nitrogens with zero attached hydrogens (tertiary/aromatic N) is 1. The predicted octanol–water partition coefficient (Wildman–Crippen LogP) is 3.27. The lowest BCUT2D eigenvalue weighted by molar-refractivity contribution is -0.123. The summed E-state index contributed by atoms with van der Waals surface area (Å²) in [5, 5.41) is 9.41. The molecule has 0 spiro atoms. The van der Waals surface area contributed by atoms with Crippen LogP contribution < -0.4 is 10.1 Å². The maximum atomic E-state index is 12.5. The summed E-state index contributed by atoms with van der Waals surface area (Å²) >= 11 is 0. The first-order valence-electron chi connectivity index (χ1n) is 8.33. The zero-order valence-corrected chi connectivity index (χ0v) is 14.9. The topological polar surface area (TPSA) is 93.3 Å². The maximum Gasteiger partial charge on any atom is 0.342 e. The molecule has 1 aromatic heterocycles. The summed E-state index contributed by atoms with van der Waals surface area (Å²) in [6.07, 6.45) is 0.417. The molecule has 27 heavy (non-hydrogen) atoms. The zero-order valence-electron chi connectivity index (χ0n) is 14.9. The van der Waals surface area contributed by atoms with Crippen LogP contribution in [0.2, 0.25) is 0 Å². The predicted molar refractivity (Wildman–Crippen MR) is 101 cm³/mol. The second-order valence-corrected chi connectivity index (χ2v) is 5.79. The average Bonchev–Trinajstić information content (AvgIpc) is 3.18. The molecular weight excluding hydrogens is 346 g/mol. The van der Waals surface area contributed by atoms with Crippen LogP contribution in [-0.4, -0.2) is 35.3 Å². The summed E-state index contributed by atoms with van der Waals surface area (Å²) in [7, 11) is 1.58. The molecule has 7 nitrogen and oxygen atoms in total. The Bertz CT molecular complexity index is 920. The summed E-state index contributed by atoms with van der Waals surface area (Å²) in [6.45, 7) is 1.52. The smallest absolute Gasteiger partial charge is 0.342 e. The molecule has 7 heteroatoms. The molecule has 0 unspecified atom stereocenters. The fraction of sp³-hybridized carbons (Fsp3) is 0.150. The lowest BCUT2D eigenvalue weighted by Crippen LogP contribution is -2.30. The van der Waals surface area contributed by atoms with Gasteiger partial charge in [0.05, 0.1) is 19.0 Å². The van der Waals surface area contributed by atoms with E-state index in [9.17, 15) is 9.59 Å². The van der Waals surface area contributed by atoms with Crippen molar-refractivity contribution in [1.82, 2.24) is 10.2 Å². The Labute approximate surface area is 156 Å². The van der Waals surface area contributed by atoms with Gasteiger partial charge in [-0.05, 0) is 43.3 Å². The van der Waals surface area contributed by atoms with Crippen molar-refractivity contribution in [2.75, 3.05) is 12.4 Å². The van der Waals surface area contributed by atoms with E-state index in [1.54, 1.807) is 55.6 Å². The number of amides is 1. The number of methoxy groups -OCH3 is 1. The number of para-hydroxylation sites is 1. The van der Waals surface area contributed by atoms with Crippen LogP contribution in [0.3, 0.4) is 0 Å². The van der Waals surface area contributed by atoms with Crippen molar-refractivity contribution < 1.29 is 19.1 Å². The van der Waals surface area contributed by atoms with Crippen LogP contribution in [0.15, 0.2) is 60.8 Å². The van der Waals surface area contributed by atoms with Crippen molar-refractivity contribution in [2.45, 2.75) is 13.0 Å². The number of benzene rings is 2.